The lowest BCUT2D eigenvalue weighted by Crippen LogP contribution is -2.31. The molecule has 96 valence electrons. The van der Waals surface area contributed by atoms with Crippen LogP contribution in [0.2, 0.25) is 0 Å². The molecule has 0 radical (unpaired) electrons. The summed E-state index contributed by atoms with van der Waals surface area (Å²) < 4.78 is 4.96. The lowest BCUT2D eigenvalue weighted by Gasteiger charge is -2.20. The Bertz CT molecular complexity index is 454. The molecule has 0 aliphatic heterocycles. The van der Waals surface area contributed by atoms with Gasteiger partial charge >= 0.3 is 5.97 Å². The van der Waals surface area contributed by atoms with Gasteiger partial charge in [0.25, 0.3) is 0 Å². The van der Waals surface area contributed by atoms with E-state index in [0.717, 1.165) is 0 Å². The van der Waals surface area contributed by atoms with Crippen molar-refractivity contribution in [1.29, 1.82) is 5.26 Å². The minimum atomic E-state index is -0.280. The molecule has 1 rings (SSSR count). The van der Waals surface area contributed by atoms with Crippen molar-refractivity contribution >= 4 is 11.8 Å². The average Bonchev–Trinajstić information content (AvgIpc) is 2.38. The van der Waals surface area contributed by atoms with E-state index in [1.165, 1.54) is 0 Å². The molecule has 2 atom stereocenters. The van der Waals surface area contributed by atoms with E-state index in [9.17, 15) is 4.79 Å². The fraction of sp³-hybridized carbons (Fsp3) is 0.462. The van der Waals surface area contributed by atoms with Crippen molar-refractivity contribution in [2.75, 3.05) is 11.9 Å². The Hall–Kier alpha value is -2.09. The van der Waals surface area contributed by atoms with Gasteiger partial charge in [-0.3, -0.25) is 4.79 Å². The first kappa shape index (κ1) is 14.0. The lowest BCUT2D eigenvalue weighted by molar-refractivity contribution is -0.147. The predicted octanol–water partition coefficient (Wildman–Crippen LogP) is 1.95. The number of rotatable bonds is 5. The van der Waals surface area contributed by atoms with Crippen LogP contribution >= 0.6 is 0 Å². The molecule has 0 aliphatic rings. The van der Waals surface area contributed by atoms with Crippen LogP contribution < -0.4 is 5.32 Å². The van der Waals surface area contributed by atoms with Crippen LogP contribution in [0.4, 0.5) is 5.82 Å². The Morgan fingerprint density at radius 3 is 2.89 bits per heavy atom. The largest absolute Gasteiger partial charge is 0.466 e. The van der Waals surface area contributed by atoms with Crippen LogP contribution in [-0.2, 0) is 9.53 Å². The zero-order valence-electron chi connectivity index (χ0n) is 10.8. The Morgan fingerprint density at radius 1 is 1.56 bits per heavy atom. The molecule has 0 fully saturated rings. The van der Waals surface area contributed by atoms with Gasteiger partial charge in [-0.2, -0.15) is 5.26 Å². The molecule has 5 heteroatoms. The second kappa shape index (κ2) is 6.60. The highest BCUT2D eigenvalue weighted by molar-refractivity contribution is 5.73. The van der Waals surface area contributed by atoms with Crippen molar-refractivity contribution in [1.82, 2.24) is 4.98 Å². The number of pyridine rings is 1. The van der Waals surface area contributed by atoms with Crippen molar-refractivity contribution in [3.8, 4) is 6.07 Å². The van der Waals surface area contributed by atoms with E-state index in [-0.39, 0.29) is 17.9 Å². The number of esters is 1. The molecule has 1 heterocycles. The first-order chi connectivity index (χ1) is 8.58. The molecule has 0 amide bonds. The number of nitrogens with one attached hydrogen (secondary N) is 1. The van der Waals surface area contributed by atoms with Crippen LogP contribution in [-0.4, -0.2) is 23.6 Å². The zero-order chi connectivity index (χ0) is 13.5. The molecule has 0 unspecified atom stereocenters. The van der Waals surface area contributed by atoms with E-state index >= 15 is 0 Å². The van der Waals surface area contributed by atoms with Crippen LogP contribution in [0.5, 0.6) is 0 Å². The maximum Gasteiger partial charge on any atom is 0.310 e. The summed E-state index contributed by atoms with van der Waals surface area (Å²) in [5.41, 5.74) is 0.344. The highest BCUT2D eigenvalue weighted by Crippen LogP contribution is 2.12. The summed E-state index contributed by atoms with van der Waals surface area (Å²) in [7, 11) is 0. The topological polar surface area (TPSA) is 75.0 Å². The predicted molar refractivity (Wildman–Crippen MR) is 67.8 cm³/mol. The van der Waals surface area contributed by atoms with E-state index < -0.39 is 0 Å². The van der Waals surface area contributed by atoms with Crippen molar-refractivity contribution in [3.63, 3.8) is 0 Å². The smallest absolute Gasteiger partial charge is 0.310 e. The molecular formula is C13H17N3O2. The van der Waals surface area contributed by atoms with Gasteiger partial charge < -0.3 is 10.1 Å². The number of carbonyl (C=O) groups excluding carboxylic acids is 1. The molecular weight excluding hydrogens is 230 g/mol. The van der Waals surface area contributed by atoms with Gasteiger partial charge in [0, 0.05) is 6.04 Å². The van der Waals surface area contributed by atoms with Crippen LogP contribution in [0.1, 0.15) is 26.5 Å². The number of hydrogen-bond acceptors (Lipinski definition) is 5. The first-order valence-corrected chi connectivity index (χ1v) is 5.88. The maximum absolute atomic E-state index is 11.6. The van der Waals surface area contributed by atoms with Gasteiger partial charge in [-0.05, 0) is 32.9 Å². The average molecular weight is 247 g/mol. The monoisotopic (exact) mass is 247 g/mol. The van der Waals surface area contributed by atoms with Gasteiger partial charge in [0.1, 0.15) is 17.6 Å². The van der Waals surface area contributed by atoms with Crippen molar-refractivity contribution < 1.29 is 9.53 Å². The molecule has 0 spiro atoms. The number of ether oxygens (including phenoxy) is 1. The summed E-state index contributed by atoms with van der Waals surface area (Å²) in [6, 6.07) is 6.98. The van der Waals surface area contributed by atoms with Gasteiger partial charge in [0.2, 0.25) is 0 Å². The van der Waals surface area contributed by atoms with Gasteiger partial charge in [-0.25, -0.2) is 4.98 Å². The molecule has 0 aliphatic carbocycles. The highest BCUT2D eigenvalue weighted by Gasteiger charge is 2.21. The lowest BCUT2D eigenvalue weighted by atomic mass is 10.0. The molecule has 5 nitrogen and oxygen atoms in total. The minimum absolute atomic E-state index is 0.120. The van der Waals surface area contributed by atoms with Crippen molar-refractivity contribution in [2.24, 2.45) is 5.92 Å². The second-order valence-electron chi connectivity index (χ2n) is 3.99. The molecule has 1 N–H and O–H groups in total. The van der Waals surface area contributed by atoms with Gasteiger partial charge in [-0.1, -0.05) is 6.07 Å². The standard InChI is InChI=1S/C13H17N3O2/c1-4-18-13(17)9(2)10(3)15-12-7-5-6-11(8-14)16-12/h5-7,9-10H,4H2,1-3H3,(H,15,16)/t9-,10+/m1/s1. The third-order valence-electron chi connectivity index (χ3n) is 2.65. The summed E-state index contributed by atoms with van der Waals surface area (Å²) in [5, 5.41) is 11.8. The van der Waals surface area contributed by atoms with Crippen molar-refractivity contribution in [3.05, 3.63) is 23.9 Å². The summed E-state index contributed by atoms with van der Waals surface area (Å²) in [4.78, 5) is 15.7. The van der Waals surface area contributed by atoms with Crippen molar-refractivity contribution in [2.45, 2.75) is 26.8 Å². The van der Waals surface area contributed by atoms with Crippen LogP contribution in [0, 0.1) is 17.2 Å². The van der Waals surface area contributed by atoms with Crippen LogP contribution in [0.15, 0.2) is 18.2 Å². The number of nitriles is 1. The molecule has 0 saturated carbocycles. The van der Waals surface area contributed by atoms with E-state index in [1.807, 2.05) is 13.0 Å². The van der Waals surface area contributed by atoms with Crippen LogP contribution in [0.25, 0.3) is 0 Å². The number of carbonyl (C=O) groups is 1. The van der Waals surface area contributed by atoms with E-state index in [4.69, 9.17) is 10.00 Å². The molecule has 0 aromatic carbocycles. The van der Waals surface area contributed by atoms with Crippen LogP contribution in [0.3, 0.4) is 0 Å². The van der Waals surface area contributed by atoms with Gasteiger partial charge in [-0.15, -0.1) is 0 Å². The fourth-order valence-corrected chi connectivity index (χ4v) is 1.41. The van der Waals surface area contributed by atoms with Gasteiger partial charge in [0.15, 0.2) is 0 Å². The number of anilines is 1. The highest BCUT2D eigenvalue weighted by atomic mass is 16.5. The Labute approximate surface area is 107 Å². The number of hydrogen-bond donors (Lipinski definition) is 1. The third-order valence-corrected chi connectivity index (χ3v) is 2.65. The Kier molecular flexibility index (Phi) is 5.12. The summed E-state index contributed by atoms with van der Waals surface area (Å²) in [6.07, 6.45) is 0. The minimum Gasteiger partial charge on any atom is -0.466 e. The second-order valence-corrected chi connectivity index (χ2v) is 3.99. The normalized spacial score (nSPS) is 13.2. The summed E-state index contributed by atoms with van der Waals surface area (Å²) in [6.45, 7) is 5.82. The molecule has 0 saturated heterocycles. The van der Waals surface area contributed by atoms with Gasteiger partial charge in [0.05, 0.1) is 12.5 Å². The van der Waals surface area contributed by atoms with E-state index in [2.05, 4.69) is 10.3 Å². The SMILES string of the molecule is CCOC(=O)[C@H](C)[C@H](C)Nc1cccc(C#N)n1. The molecule has 1 aromatic rings. The molecule has 18 heavy (non-hydrogen) atoms. The number of nitrogens with zero attached hydrogens (tertiary/aromatic N) is 2. The third kappa shape index (κ3) is 3.74. The fourth-order valence-electron chi connectivity index (χ4n) is 1.41. The molecule has 0 bridgehead atoms. The maximum atomic E-state index is 11.6. The first-order valence-electron chi connectivity index (χ1n) is 5.88. The Balaban J connectivity index is 2.66. The number of aromatic nitrogens is 1. The zero-order valence-corrected chi connectivity index (χ0v) is 10.8. The summed E-state index contributed by atoms with van der Waals surface area (Å²) >= 11 is 0. The Morgan fingerprint density at radius 2 is 2.28 bits per heavy atom. The molecule has 1 aromatic heterocycles. The van der Waals surface area contributed by atoms with E-state index in [1.54, 1.807) is 32.0 Å². The van der Waals surface area contributed by atoms with E-state index in [0.29, 0.717) is 18.1 Å². The quantitative estimate of drug-likeness (QED) is 0.805. The summed E-state index contributed by atoms with van der Waals surface area (Å²) in [5.74, 6) is 0.0594.